The minimum Gasteiger partial charge on any atom is -0.489 e. The van der Waals surface area contributed by atoms with Crippen LogP contribution >= 0.6 is 11.6 Å². The van der Waals surface area contributed by atoms with Gasteiger partial charge in [0.1, 0.15) is 11.9 Å². The van der Waals surface area contributed by atoms with E-state index in [9.17, 15) is 0 Å². The van der Waals surface area contributed by atoms with Crippen LogP contribution in [0.25, 0.3) is 0 Å². The number of nitrogens with two attached hydrogens (primary N) is 1. The fraction of sp³-hybridized carbons (Fsp3) is 0.571. The third-order valence-electron chi connectivity index (χ3n) is 3.47. The lowest BCUT2D eigenvalue weighted by atomic mass is 9.89. The predicted octanol–water partition coefficient (Wildman–Crippen LogP) is 2.86. The van der Waals surface area contributed by atoms with E-state index in [0.29, 0.717) is 10.9 Å². The molecule has 1 aliphatic rings. The Morgan fingerprint density at radius 2 is 2.11 bits per heavy atom. The average molecular weight is 270 g/mol. The Morgan fingerprint density at radius 1 is 1.39 bits per heavy atom. The van der Waals surface area contributed by atoms with E-state index in [2.05, 4.69) is 0 Å². The number of hydrogen-bond donors (Lipinski definition) is 1. The van der Waals surface area contributed by atoms with E-state index in [-0.39, 0.29) is 12.1 Å². The third-order valence-corrected chi connectivity index (χ3v) is 3.71. The van der Waals surface area contributed by atoms with Gasteiger partial charge in [-0.05, 0) is 43.9 Å². The maximum absolute atomic E-state index is 6.26. The van der Waals surface area contributed by atoms with Gasteiger partial charge < -0.3 is 15.2 Å². The van der Waals surface area contributed by atoms with Gasteiger partial charge in [-0.3, -0.25) is 0 Å². The van der Waals surface area contributed by atoms with Gasteiger partial charge in [0, 0.05) is 24.3 Å². The third kappa shape index (κ3) is 3.61. The van der Waals surface area contributed by atoms with Crippen molar-refractivity contribution in [2.75, 3.05) is 13.2 Å². The van der Waals surface area contributed by atoms with Crippen LogP contribution in [-0.2, 0) is 4.74 Å². The molecule has 0 aromatic heterocycles. The van der Waals surface area contributed by atoms with Gasteiger partial charge in [-0.25, -0.2) is 0 Å². The lowest BCUT2D eigenvalue weighted by molar-refractivity contribution is 0.0404. The zero-order valence-corrected chi connectivity index (χ0v) is 11.4. The fourth-order valence-corrected chi connectivity index (χ4v) is 2.50. The zero-order valence-electron chi connectivity index (χ0n) is 10.6. The summed E-state index contributed by atoms with van der Waals surface area (Å²) in [4.78, 5) is 0. The molecule has 1 aliphatic heterocycles. The Morgan fingerprint density at radius 3 is 2.78 bits per heavy atom. The lowest BCUT2D eigenvalue weighted by Gasteiger charge is -2.31. The highest BCUT2D eigenvalue weighted by molar-refractivity contribution is 6.30. The van der Waals surface area contributed by atoms with Crippen LogP contribution in [0.15, 0.2) is 24.3 Å². The summed E-state index contributed by atoms with van der Waals surface area (Å²) in [5.41, 5.74) is 6.26. The van der Waals surface area contributed by atoms with Crippen LogP contribution in [-0.4, -0.2) is 25.4 Å². The molecule has 0 radical (unpaired) electrons. The summed E-state index contributed by atoms with van der Waals surface area (Å²) >= 11 is 5.93. The van der Waals surface area contributed by atoms with Crippen molar-refractivity contribution in [3.05, 3.63) is 29.3 Å². The van der Waals surface area contributed by atoms with Gasteiger partial charge in [-0.15, -0.1) is 0 Å². The van der Waals surface area contributed by atoms with Crippen LogP contribution in [0.3, 0.4) is 0 Å². The van der Waals surface area contributed by atoms with Gasteiger partial charge >= 0.3 is 0 Å². The van der Waals surface area contributed by atoms with Crippen LogP contribution in [0.1, 0.15) is 19.8 Å². The predicted molar refractivity (Wildman–Crippen MR) is 73.1 cm³/mol. The summed E-state index contributed by atoms with van der Waals surface area (Å²) in [7, 11) is 0. The Kier molecular flexibility index (Phi) is 4.87. The molecule has 2 N–H and O–H groups in total. The van der Waals surface area contributed by atoms with Gasteiger partial charge in [-0.1, -0.05) is 17.7 Å². The molecule has 3 nitrogen and oxygen atoms in total. The Labute approximate surface area is 113 Å². The van der Waals surface area contributed by atoms with E-state index in [0.717, 1.165) is 31.8 Å². The largest absolute Gasteiger partial charge is 0.489 e. The van der Waals surface area contributed by atoms with Crippen molar-refractivity contribution in [3.8, 4) is 5.75 Å². The van der Waals surface area contributed by atoms with Crippen LogP contribution in [0, 0.1) is 5.92 Å². The highest BCUT2D eigenvalue weighted by atomic mass is 35.5. The molecule has 2 rings (SSSR count). The topological polar surface area (TPSA) is 44.5 Å². The molecule has 0 saturated carbocycles. The van der Waals surface area contributed by atoms with Gasteiger partial charge in [-0.2, -0.15) is 0 Å². The zero-order chi connectivity index (χ0) is 13.0. The van der Waals surface area contributed by atoms with Crippen molar-refractivity contribution in [1.29, 1.82) is 0 Å². The van der Waals surface area contributed by atoms with E-state index in [4.69, 9.17) is 26.8 Å². The quantitative estimate of drug-likeness (QED) is 0.914. The van der Waals surface area contributed by atoms with Crippen molar-refractivity contribution >= 4 is 11.6 Å². The van der Waals surface area contributed by atoms with Crippen molar-refractivity contribution in [1.82, 2.24) is 0 Å². The SMILES string of the molecule is CC(Oc1cccc(Cl)c1)C(N)C1CCOCC1. The maximum Gasteiger partial charge on any atom is 0.121 e. The second kappa shape index (κ2) is 6.41. The molecule has 18 heavy (non-hydrogen) atoms. The molecule has 0 spiro atoms. The first-order valence-electron chi connectivity index (χ1n) is 6.42. The number of benzene rings is 1. The summed E-state index contributed by atoms with van der Waals surface area (Å²) in [6.45, 7) is 3.63. The number of ether oxygens (including phenoxy) is 2. The second-order valence-electron chi connectivity index (χ2n) is 4.81. The monoisotopic (exact) mass is 269 g/mol. The highest BCUT2D eigenvalue weighted by Crippen LogP contribution is 2.23. The minimum absolute atomic E-state index is 0.0217. The van der Waals surface area contributed by atoms with Crippen LogP contribution in [0.4, 0.5) is 0 Å². The molecule has 1 aromatic carbocycles. The van der Waals surface area contributed by atoms with E-state index in [1.54, 1.807) is 0 Å². The molecule has 0 amide bonds. The van der Waals surface area contributed by atoms with E-state index in [1.807, 2.05) is 31.2 Å². The first kappa shape index (κ1) is 13.7. The molecule has 2 atom stereocenters. The van der Waals surface area contributed by atoms with Gasteiger partial charge in [0.15, 0.2) is 0 Å². The number of halogens is 1. The van der Waals surface area contributed by atoms with Gasteiger partial charge in [0.05, 0.1) is 0 Å². The maximum atomic E-state index is 6.26. The Balaban J connectivity index is 1.92. The molecule has 0 aliphatic carbocycles. The average Bonchev–Trinajstić information content (AvgIpc) is 2.39. The van der Waals surface area contributed by atoms with Crippen LogP contribution in [0.5, 0.6) is 5.75 Å². The van der Waals surface area contributed by atoms with Crippen LogP contribution in [0.2, 0.25) is 5.02 Å². The Bertz CT molecular complexity index is 380. The highest BCUT2D eigenvalue weighted by Gasteiger charge is 2.26. The van der Waals surface area contributed by atoms with E-state index in [1.165, 1.54) is 0 Å². The molecule has 1 saturated heterocycles. The normalized spacial score (nSPS) is 20.4. The van der Waals surface area contributed by atoms with E-state index < -0.39 is 0 Å². The van der Waals surface area contributed by atoms with Crippen molar-refractivity contribution in [2.24, 2.45) is 11.7 Å². The first-order valence-corrected chi connectivity index (χ1v) is 6.80. The fourth-order valence-electron chi connectivity index (χ4n) is 2.32. The summed E-state index contributed by atoms with van der Waals surface area (Å²) in [5.74, 6) is 1.26. The Hall–Kier alpha value is -0.770. The molecular weight excluding hydrogens is 250 g/mol. The minimum atomic E-state index is -0.0217. The molecule has 0 bridgehead atoms. The van der Waals surface area contributed by atoms with Crippen molar-refractivity contribution in [3.63, 3.8) is 0 Å². The van der Waals surface area contributed by atoms with Gasteiger partial charge in [0.2, 0.25) is 0 Å². The van der Waals surface area contributed by atoms with Crippen molar-refractivity contribution in [2.45, 2.75) is 31.9 Å². The number of rotatable bonds is 4. The standard InChI is InChI=1S/C14H20ClNO2/c1-10(14(16)11-5-7-17-8-6-11)18-13-4-2-3-12(15)9-13/h2-4,9-11,14H,5-8,16H2,1H3. The second-order valence-corrected chi connectivity index (χ2v) is 5.24. The molecule has 1 fully saturated rings. The molecule has 100 valence electrons. The van der Waals surface area contributed by atoms with Crippen LogP contribution < -0.4 is 10.5 Å². The number of hydrogen-bond acceptors (Lipinski definition) is 3. The lowest BCUT2D eigenvalue weighted by Crippen LogP contribution is -2.44. The summed E-state index contributed by atoms with van der Waals surface area (Å²) in [5, 5.41) is 0.680. The van der Waals surface area contributed by atoms with Crippen molar-refractivity contribution < 1.29 is 9.47 Å². The molecule has 1 aromatic rings. The molecular formula is C14H20ClNO2. The molecule has 2 unspecified atom stereocenters. The smallest absolute Gasteiger partial charge is 0.121 e. The first-order chi connectivity index (χ1) is 8.66. The molecule has 1 heterocycles. The van der Waals surface area contributed by atoms with E-state index >= 15 is 0 Å². The molecule has 4 heteroatoms. The summed E-state index contributed by atoms with van der Waals surface area (Å²) in [6, 6.07) is 7.46. The summed E-state index contributed by atoms with van der Waals surface area (Å²) < 4.78 is 11.2. The summed E-state index contributed by atoms with van der Waals surface area (Å²) in [6.07, 6.45) is 2.01. The van der Waals surface area contributed by atoms with Gasteiger partial charge in [0.25, 0.3) is 0 Å².